The molecular weight excluding hydrogens is 408 g/mol. The van der Waals surface area contributed by atoms with Gasteiger partial charge in [0.05, 0.1) is 11.1 Å². The van der Waals surface area contributed by atoms with Crippen molar-refractivity contribution in [3.05, 3.63) is 29.3 Å². The second-order valence-corrected chi connectivity index (χ2v) is 8.90. The van der Waals surface area contributed by atoms with Crippen LogP contribution < -0.4 is 5.32 Å². The van der Waals surface area contributed by atoms with Crippen LogP contribution >= 0.6 is 24.4 Å². The number of rotatable bonds is 10. The third-order valence-corrected chi connectivity index (χ3v) is 6.70. The van der Waals surface area contributed by atoms with E-state index in [9.17, 15) is 19.2 Å². The highest BCUT2D eigenvalue weighted by molar-refractivity contribution is 7.99. The molecule has 1 N–H and O–H groups in total. The van der Waals surface area contributed by atoms with Crippen molar-refractivity contribution >= 4 is 48.0 Å². The van der Waals surface area contributed by atoms with Crippen LogP contribution in [0.4, 0.5) is 0 Å². The van der Waals surface area contributed by atoms with Crippen LogP contribution in [0.25, 0.3) is 0 Å². The standard InChI is InChI=1S/C21H26N2O4S2/c24-17-11-10-15(19(25)22-17)23-20(26)14-8-7-9-16(18(14)21(23)27)29-13-6-4-2-1-3-5-12-28/h7-9,15,28H,1-6,10-13H2,(H,22,24,25). The first-order valence-electron chi connectivity index (χ1n) is 10.1. The maximum Gasteiger partial charge on any atom is 0.263 e. The Morgan fingerprint density at radius 1 is 1.00 bits per heavy atom. The highest BCUT2D eigenvalue weighted by atomic mass is 32.2. The van der Waals surface area contributed by atoms with Gasteiger partial charge in [0.1, 0.15) is 6.04 Å². The van der Waals surface area contributed by atoms with Crippen LogP contribution in [0.5, 0.6) is 0 Å². The minimum absolute atomic E-state index is 0.124. The fourth-order valence-electron chi connectivity index (χ4n) is 3.71. The zero-order valence-electron chi connectivity index (χ0n) is 16.3. The number of nitrogens with zero attached hydrogens (tertiary/aromatic N) is 1. The van der Waals surface area contributed by atoms with E-state index in [2.05, 4.69) is 17.9 Å². The molecule has 4 amide bonds. The van der Waals surface area contributed by atoms with E-state index in [4.69, 9.17) is 0 Å². The Hall–Kier alpha value is -1.80. The summed E-state index contributed by atoms with van der Waals surface area (Å²) < 4.78 is 0. The number of nitrogens with one attached hydrogen (secondary N) is 1. The molecule has 1 atom stereocenters. The molecule has 0 aliphatic carbocycles. The van der Waals surface area contributed by atoms with Crippen LogP contribution in [0, 0.1) is 0 Å². The molecule has 6 nitrogen and oxygen atoms in total. The zero-order chi connectivity index (χ0) is 20.8. The number of piperidine rings is 1. The molecule has 3 rings (SSSR count). The molecular formula is C21H26N2O4S2. The molecule has 2 aliphatic heterocycles. The monoisotopic (exact) mass is 434 g/mol. The van der Waals surface area contributed by atoms with Crippen molar-refractivity contribution < 1.29 is 19.2 Å². The number of carbonyl (C=O) groups excluding carboxylic acids is 4. The third kappa shape index (κ3) is 5.04. The van der Waals surface area contributed by atoms with Gasteiger partial charge in [-0.2, -0.15) is 12.6 Å². The number of carbonyl (C=O) groups is 4. The van der Waals surface area contributed by atoms with Gasteiger partial charge in [0.2, 0.25) is 11.8 Å². The van der Waals surface area contributed by atoms with E-state index >= 15 is 0 Å². The van der Waals surface area contributed by atoms with Crippen molar-refractivity contribution in [1.82, 2.24) is 10.2 Å². The van der Waals surface area contributed by atoms with Crippen LogP contribution in [0.2, 0.25) is 0 Å². The lowest BCUT2D eigenvalue weighted by atomic mass is 10.0. The van der Waals surface area contributed by atoms with E-state index in [1.807, 2.05) is 6.07 Å². The lowest BCUT2D eigenvalue weighted by molar-refractivity contribution is -0.136. The summed E-state index contributed by atoms with van der Waals surface area (Å²) in [6.45, 7) is 0. The predicted octanol–water partition coefficient (Wildman–Crippen LogP) is 3.45. The molecule has 1 aromatic carbocycles. The Morgan fingerprint density at radius 3 is 2.45 bits per heavy atom. The van der Waals surface area contributed by atoms with Crippen LogP contribution in [-0.4, -0.2) is 46.1 Å². The lowest BCUT2D eigenvalue weighted by Crippen LogP contribution is -2.54. The molecule has 1 aromatic rings. The second kappa shape index (κ2) is 10.3. The maximum atomic E-state index is 13.0. The summed E-state index contributed by atoms with van der Waals surface area (Å²) in [5.41, 5.74) is 0.734. The first-order chi connectivity index (χ1) is 14.0. The third-order valence-electron chi connectivity index (χ3n) is 5.24. The molecule has 0 bridgehead atoms. The van der Waals surface area contributed by atoms with E-state index in [-0.39, 0.29) is 18.7 Å². The Labute approximate surface area is 180 Å². The Bertz CT molecular complexity index is 812. The van der Waals surface area contributed by atoms with E-state index in [1.165, 1.54) is 19.3 Å². The fraction of sp³-hybridized carbons (Fsp3) is 0.524. The first-order valence-corrected chi connectivity index (χ1v) is 11.7. The Balaban J connectivity index is 1.61. The number of hydrogen-bond donors (Lipinski definition) is 2. The highest BCUT2D eigenvalue weighted by Gasteiger charge is 2.45. The zero-order valence-corrected chi connectivity index (χ0v) is 18.0. The number of amides is 4. The normalized spacial score (nSPS) is 18.9. The summed E-state index contributed by atoms with van der Waals surface area (Å²) in [5, 5.41) is 2.22. The topological polar surface area (TPSA) is 83.6 Å². The van der Waals surface area contributed by atoms with Crippen LogP contribution in [0.3, 0.4) is 0 Å². The van der Waals surface area contributed by atoms with Crippen LogP contribution in [-0.2, 0) is 9.59 Å². The molecule has 0 saturated carbocycles. The smallest absolute Gasteiger partial charge is 0.263 e. The molecule has 29 heavy (non-hydrogen) atoms. The number of thioether (sulfide) groups is 1. The Kier molecular flexibility index (Phi) is 7.77. The van der Waals surface area contributed by atoms with E-state index in [0.29, 0.717) is 11.1 Å². The molecule has 2 aliphatic rings. The molecule has 1 unspecified atom stereocenters. The molecule has 1 saturated heterocycles. The van der Waals surface area contributed by atoms with Gasteiger partial charge in [-0.15, -0.1) is 11.8 Å². The van der Waals surface area contributed by atoms with Gasteiger partial charge in [-0.3, -0.25) is 29.4 Å². The van der Waals surface area contributed by atoms with Gasteiger partial charge in [0, 0.05) is 11.3 Å². The summed E-state index contributed by atoms with van der Waals surface area (Å²) in [6.07, 6.45) is 7.29. The number of hydrogen-bond acceptors (Lipinski definition) is 6. The quantitative estimate of drug-likeness (QED) is 0.255. The average Bonchev–Trinajstić information content (AvgIpc) is 2.95. The summed E-state index contributed by atoms with van der Waals surface area (Å²) in [5.74, 6) is -0.0198. The molecule has 0 spiro atoms. The summed E-state index contributed by atoms with van der Waals surface area (Å²) >= 11 is 5.80. The molecule has 156 valence electrons. The van der Waals surface area contributed by atoms with Gasteiger partial charge in [0.25, 0.3) is 11.8 Å². The average molecular weight is 435 g/mol. The predicted molar refractivity (Wildman–Crippen MR) is 115 cm³/mol. The van der Waals surface area contributed by atoms with Gasteiger partial charge >= 0.3 is 0 Å². The lowest BCUT2D eigenvalue weighted by Gasteiger charge is -2.27. The Morgan fingerprint density at radius 2 is 1.72 bits per heavy atom. The van der Waals surface area contributed by atoms with Gasteiger partial charge in [-0.25, -0.2) is 0 Å². The van der Waals surface area contributed by atoms with Gasteiger partial charge in [-0.1, -0.05) is 31.7 Å². The fourth-order valence-corrected chi connectivity index (χ4v) is 5.02. The van der Waals surface area contributed by atoms with E-state index in [0.717, 1.165) is 40.6 Å². The molecule has 1 fully saturated rings. The minimum Gasteiger partial charge on any atom is -0.295 e. The molecule has 2 heterocycles. The number of unbranched alkanes of at least 4 members (excludes halogenated alkanes) is 5. The minimum atomic E-state index is -0.921. The summed E-state index contributed by atoms with van der Waals surface area (Å²) in [7, 11) is 0. The summed E-state index contributed by atoms with van der Waals surface area (Å²) in [6, 6.07) is 4.34. The molecule has 8 heteroatoms. The summed E-state index contributed by atoms with van der Waals surface area (Å²) in [4.78, 5) is 51.2. The molecule has 0 radical (unpaired) electrons. The second-order valence-electron chi connectivity index (χ2n) is 7.32. The number of fused-ring (bicyclic) bond motifs is 1. The van der Waals surface area contributed by atoms with Crippen molar-refractivity contribution in [1.29, 1.82) is 0 Å². The first kappa shape index (κ1) is 21.9. The van der Waals surface area contributed by atoms with E-state index in [1.54, 1.807) is 23.9 Å². The maximum absolute atomic E-state index is 13.0. The molecule has 0 aromatic heterocycles. The van der Waals surface area contributed by atoms with Gasteiger partial charge in [-0.05, 0) is 42.9 Å². The van der Waals surface area contributed by atoms with Crippen molar-refractivity contribution in [2.75, 3.05) is 11.5 Å². The van der Waals surface area contributed by atoms with E-state index < -0.39 is 23.8 Å². The highest BCUT2D eigenvalue weighted by Crippen LogP contribution is 2.34. The van der Waals surface area contributed by atoms with Crippen LogP contribution in [0.1, 0.15) is 72.1 Å². The number of imide groups is 2. The van der Waals surface area contributed by atoms with Gasteiger partial charge in [0.15, 0.2) is 0 Å². The number of benzene rings is 1. The van der Waals surface area contributed by atoms with Crippen LogP contribution in [0.15, 0.2) is 23.1 Å². The van der Waals surface area contributed by atoms with Gasteiger partial charge < -0.3 is 0 Å². The van der Waals surface area contributed by atoms with Crippen molar-refractivity contribution in [2.24, 2.45) is 0 Å². The van der Waals surface area contributed by atoms with Crippen molar-refractivity contribution in [3.63, 3.8) is 0 Å². The largest absolute Gasteiger partial charge is 0.295 e. The van der Waals surface area contributed by atoms with Crippen molar-refractivity contribution in [2.45, 2.75) is 62.3 Å². The SMILES string of the molecule is O=C1CCC(N2C(=O)c3cccc(SCCCCCCCCS)c3C2=O)C(=O)N1. The van der Waals surface area contributed by atoms with Crippen molar-refractivity contribution in [3.8, 4) is 0 Å². The number of thiol groups is 1.